The lowest BCUT2D eigenvalue weighted by Crippen LogP contribution is -2.37. The molecule has 0 bridgehead atoms. The number of halogens is 2. The molecule has 0 spiro atoms. The topological polar surface area (TPSA) is 48.4 Å². The number of anilines is 2. The van der Waals surface area contributed by atoms with Crippen LogP contribution in [-0.2, 0) is 0 Å². The van der Waals surface area contributed by atoms with E-state index in [4.69, 9.17) is 5.11 Å². The Morgan fingerprint density at radius 2 is 2.24 bits per heavy atom. The maximum atomic E-state index is 14.0. The molecule has 0 saturated carbocycles. The molecule has 1 aromatic heterocycles. The van der Waals surface area contributed by atoms with E-state index in [0.717, 1.165) is 25.3 Å². The molecule has 0 amide bonds. The molecule has 2 heterocycles. The molecule has 118 valence electrons. The third-order valence-corrected chi connectivity index (χ3v) is 3.81. The Hall–Kier alpha value is -1.43. The molecule has 1 aliphatic rings. The lowest BCUT2D eigenvalue weighted by molar-refractivity contribution is 0.244. The predicted molar refractivity (Wildman–Crippen MR) is 79.6 cm³/mol. The summed E-state index contributed by atoms with van der Waals surface area (Å²) in [6.07, 6.45) is 3.51. The Morgan fingerprint density at radius 3 is 2.95 bits per heavy atom. The summed E-state index contributed by atoms with van der Waals surface area (Å²) in [5.41, 5.74) is 0. The first-order chi connectivity index (χ1) is 10.2. The highest BCUT2D eigenvalue weighted by Crippen LogP contribution is 2.27. The molecule has 2 N–H and O–H groups in total. The van der Waals surface area contributed by atoms with Gasteiger partial charge in [0.2, 0.25) is 0 Å². The molecule has 1 aliphatic heterocycles. The highest BCUT2D eigenvalue weighted by Gasteiger charge is 2.24. The fraction of sp³-hybridized carbons (Fsp3) is 0.667. The second kappa shape index (κ2) is 7.54. The Labute approximate surface area is 124 Å². The molecule has 1 unspecified atom stereocenters. The van der Waals surface area contributed by atoms with Crippen LogP contribution in [0.2, 0.25) is 0 Å². The van der Waals surface area contributed by atoms with Crippen molar-refractivity contribution in [1.29, 1.82) is 0 Å². The van der Waals surface area contributed by atoms with Gasteiger partial charge in [0.05, 0.1) is 0 Å². The van der Waals surface area contributed by atoms with Crippen molar-refractivity contribution in [2.45, 2.75) is 32.6 Å². The predicted octanol–water partition coefficient (Wildman–Crippen LogP) is 2.78. The van der Waals surface area contributed by atoms with Gasteiger partial charge in [-0.1, -0.05) is 6.92 Å². The molecule has 0 aliphatic carbocycles. The van der Waals surface area contributed by atoms with Crippen molar-refractivity contribution in [3.05, 3.63) is 17.7 Å². The van der Waals surface area contributed by atoms with Crippen LogP contribution in [0, 0.1) is 17.6 Å². The van der Waals surface area contributed by atoms with Gasteiger partial charge >= 0.3 is 0 Å². The number of aliphatic hydroxyl groups is 1. The Bertz CT molecular complexity index is 468. The van der Waals surface area contributed by atoms with E-state index in [1.807, 2.05) is 11.8 Å². The number of rotatable bonds is 6. The van der Waals surface area contributed by atoms with Crippen LogP contribution in [-0.4, -0.2) is 36.3 Å². The van der Waals surface area contributed by atoms with Crippen LogP contribution in [0.25, 0.3) is 0 Å². The number of hydrogen-bond donors (Lipinski definition) is 2. The van der Waals surface area contributed by atoms with E-state index in [2.05, 4.69) is 10.3 Å². The molecule has 1 atom stereocenters. The van der Waals surface area contributed by atoms with Crippen LogP contribution in [0.15, 0.2) is 6.07 Å². The van der Waals surface area contributed by atoms with Crippen molar-refractivity contribution in [3.8, 4) is 0 Å². The number of pyridine rings is 1. The molecule has 2 rings (SSSR count). The van der Waals surface area contributed by atoms with Gasteiger partial charge in [-0.15, -0.1) is 0 Å². The van der Waals surface area contributed by atoms with E-state index in [1.165, 1.54) is 0 Å². The van der Waals surface area contributed by atoms with Crippen LogP contribution in [0.4, 0.5) is 20.4 Å². The van der Waals surface area contributed by atoms with Gasteiger partial charge in [-0.2, -0.15) is 0 Å². The van der Waals surface area contributed by atoms with Gasteiger partial charge in [-0.05, 0) is 31.6 Å². The molecule has 4 nitrogen and oxygen atoms in total. The monoisotopic (exact) mass is 299 g/mol. The molecule has 0 radical (unpaired) electrons. The van der Waals surface area contributed by atoms with E-state index in [9.17, 15) is 8.78 Å². The lowest BCUT2D eigenvalue weighted by Gasteiger charge is -2.33. The number of hydrogen-bond acceptors (Lipinski definition) is 4. The fourth-order valence-corrected chi connectivity index (χ4v) is 2.72. The van der Waals surface area contributed by atoms with Crippen molar-refractivity contribution in [1.82, 2.24) is 4.98 Å². The third kappa shape index (κ3) is 4.03. The van der Waals surface area contributed by atoms with Crippen molar-refractivity contribution in [3.63, 3.8) is 0 Å². The summed E-state index contributed by atoms with van der Waals surface area (Å²) < 4.78 is 27.7. The number of nitrogens with one attached hydrogen (secondary N) is 1. The molecule has 1 saturated heterocycles. The summed E-state index contributed by atoms with van der Waals surface area (Å²) in [5, 5.41) is 11.9. The highest BCUT2D eigenvalue weighted by atomic mass is 19.1. The summed E-state index contributed by atoms with van der Waals surface area (Å²) in [6.45, 7) is 4.08. The van der Waals surface area contributed by atoms with Crippen molar-refractivity contribution < 1.29 is 13.9 Å². The van der Waals surface area contributed by atoms with E-state index in [-0.39, 0.29) is 18.2 Å². The number of aliphatic hydroxyl groups excluding tert-OH is 1. The van der Waals surface area contributed by atoms with Gasteiger partial charge in [-0.3, -0.25) is 0 Å². The number of piperidine rings is 1. The normalized spacial score (nSPS) is 18.9. The molecule has 6 heteroatoms. The Kier molecular flexibility index (Phi) is 5.73. The Morgan fingerprint density at radius 1 is 1.43 bits per heavy atom. The number of nitrogens with zero attached hydrogens (tertiary/aromatic N) is 2. The molecule has 21 heavy (non-hydrogen) atoms. The van der Waals surface area contributed by atoms with Crippen LogP contribution in [0.5, 0.6) is 0 Å². The van der Waals surface area contributed by atoms with Crippen LogP contribution in [0.3, 0.4) is 0 Å². The van der Waals surface area contributed by atoms with Crippen LogP contribution < -0.4 is 10.2 Å². The van der Waals surface area contributed by atoms with Gasteiger partial charge in [0.1, 0.15) is 0 Å². The zero-order valence-corrected chi connectivity index (χ0v) is 12.4. The maximum absolute atomic E-state index is 14.0. The summed E-state index contributed by atoms with van der Waals surface area (Å²) in [6, 6.07) is 0.899. The van der Waals surface area contributed by atoms with Crippen molar-refractivity contribution in [2.24, 2.45) is 5.92 Å². The quantitative estimate of drug-likeness (QED) is 0.848. The van der Waals surface area contributed by atoms with Crippen molar-refractivity contribution >= 4 is 11.6 Å². The van der Waals surface area contributed by atoms with E-state index in [1.54, 1.807) is 0 Å². The average molecular weight is 299 g/mol. The average Bonchev–Trinajstić information content (AvgIpc) is 2.47. The molecule has 1 fully saturated rings. The van der Waals surface area contributed by atoms with Gasteiger partial charge in [-0.25, -0.2) is 13.8 Å². The lowest BCUT2D eigenvalue weighted by atomic mass is 9.95. The first-order valence-corrected chi connectivity index (χ1v) is 7.61. The second-order valence-electron chi connectivity index (χ2n) is 5.52. The minimum absolute atomic E-state index is 0.109. The standard InChI is InChI=1S/C15H23F2N3O/c1-2-6-18-14-12(16)9-13(17)15(19-14)20-7-3-4-11(10-20)5-8-21/h9,11,21H,2-8,10H2,1H3,(H,18,19). The van der Waals surface area contributed by atoms with E-state index < -0.39 is 11.6 Å². The maximum Gasteiger partial charge on any atom is 0.168 e. The zero-order valence-electron chi connectivity index (χ0n) is 12.4. The fourth-order valence-electron chi connectivity index (χ4n) is 2.72. The number of aromatic nitrogens is 1. The zero-order chi connectivity index (χ0) is 15.2. The largest absolute Gasteiger partial charge is 0.396 e. The summed E-state index contributed by atoms with van der Waals surface area (Å²) in [5.74, 6) is -0.634. The van der Waals surface area contributed by atoms with Crippen LogP contribution >= 0.6 is 0 Å². The summed E-state index contributed by atoms with van der Waals surface area (Å²) >= 11 is 0. The summed E-state index contributed by atoms with van der Waals surface area (Å²) in [7, 11) is 0. The summed E-state index contributed by atoms with van der Waals surface area (Å²) in [4.78, 5) is 5.99. The molecular formula is C15H23F2N3O. The molecule has 0 aromatic carbocycles. The second-order valence-corrected chi connectivity index (χ2v) is 5.52. The van der Waals surface area contributed by atoms with E-state index >= 15 is 0 Å². The minimum atomic E-state index is -0.659. The first kappa shape index (κ1) is 15.9. The highest BCUT2D eigenvalue weighted by molar-refractivity contribution is 5.49. The van der Waals surface area contributed by atoms with Crippen LogP contribution in [0.1, 0.15) is 32.6 Å². The van der Waals surface area contributed by atoms with Gasteiger partial charge in [0, 0.05) is 32.3 Å². The smallest absolute Gasteiger partial charge is 0.168 e. The first-order valence-electron chi connectivity index (χ1n) is 7.61. The minimum Gasteiger partial charge on any atom is -0.396 e. The third-order valence-electron chi connectivity index (χ3n) is 3.81. The SMILES string of the molecule is CCCNc1nc(N2CCCC(CCO)C2)c(F)cc1F. The van der Waals surface area contributed by atoms with E-state index in [0.29, 0.717) is 32.0 Å². The van der Waals surface area contributed by atoms with Gasteiger partial charge < -0.3 is 15.3 Å². The van der Waals surface area contributed by atoms with Crippen molar-refractivity contribution in [2.75, 3.05) is 36.5 Å². The molecule has 1 aromatic rings. The van der Waals surface area contributed by atoms with Gasteiger partial charge in [0.25, 0.3) is 0 Å². The van der Waals surface area contributed by atoms with Gasteiger partial charge in [0.15, 0.2) is 23.3 Å². The molecular weight excluding hydrogens is 276 g/mol. The Balaban J connectivity index is 2.17.